The molecule has 4 nitrogen and oxygen atoms in total. The zero-order chi connectivity index (χ0) is 15.5. The number of benzene rings is 1. The van der Waals surface area contributed by atoms with Gasteiger partial charge in [0.2, 0.25) is 0 Å². The van der Waals surface area contributed by atoms with E-state index in [1.165, 1.54) is 0 Å². The lowest BCUT2D eigenvalue weighted by molar-refractivity contribution is -0.139. The van der Waals surface area contributed by atoms with E-state index >= 15 is 0 Å². The van der Waals surface area contributed by atoms with Gasteiger partial charge in [-0.15, -0.1) is 0 Å². The van der Waals surface area contributed by atoms with Crippen LogP contribution >= 0.6 is 0 Å². The Morgan fingerprint density at radius 1 is 1.14 bits per heavy atom. The second-order valence-corrected chi connectivity index (χ2v) is 6.76. The second kappa shape index (κ2) is 6.58. The van der Waals surface area contributed by atoms with Crippen LogP contribution in [0.2, 0.25) is 0 Å². The molecule has 1 unspecified atom stereocenters. The molecule has 116 valence electrons. The van der Waals surface area contributed by atoms with Crippen molar-refractivity contribution in [3.8, 4) is 0 Å². The fourth-order valence-electron chi connectivity index (χ4n) is 2.87. The summed E-state index contributed by atoms with van der Waals surface area (Å²) in [5.41, 5.74) is 1.08. The Bertz CT molecular complexity index is 459. The lowest BCUT2D eigenvalue weighted by Crippen LogP contribution is -2.54. The predicted molar refractivity (Wildman–Crippen MR) is 84.6 cm³/mol. The van der Waals surface area contributed by atoms with Crippen LogP contribution in [0, 0.1) is 0 Å². The summed E-state index contributed by atoms with van der Waals surface area (Å²) in [5.74, 6) is -1.17. The van der Waals surface area contributed by atoms with Crippen LogP contribution in [0.1, 0.15) is 32.3 Å². The maximum Gasteiger partial charge on any atom is 0.312 e. The van der Waals surface area contributed by atoms with Gasteiger partial charge in [-0.2, -0.15) is 0 Å². The molecule has 1 fully saturated rings. The summed E-state index contributed by atoms with van der Waals surface area (Å²) in [6, 6.07) is 9.55. The molecule has 1 heterocycles. The molecule has 0 aliphatic carbocycles. The topological polar surface area (TPSA) is 43.8 Å². The van der Waals surface area contributed by atoms with Crippen LogP contribution in [0.5, 0.6) is 0 Å². The van der Waals surface area contributed by atoms with Crippen LogP contribution < -0.4 is 0 Å². The first-order valence-corrected chi connectivity index (χ1v) is 7.63. The van der Waals surface area contributed by atoms with Crippen molar-refractivity contribution in [2.24, 2.45) is 0 Å². The highest BCUT2D eigenvalue weighted by Crippen LogP contribution is 2.20. The summed E-state index contributed by atoms with van der Waals surface area (Å²) >= 11 is 0. The minimum atomic E-state index is -0.737. The van der Waals surface area contributed by atoms with Crippen LogP contribution in [0.4, 0.5) is 0 Å². The smallest absolute Gasteiger partial charge is 0.312 e. The van der Waals surface area contributed by atoms with Crippen molar-refractivity contribution >= 4 is 5.97 Å². The fourth-order valence-corrected chi connectivity index (χ4v) is 2.87. The molecule has 1 aromatic rings. The van der Waals surface area contributed by atoms with Gasteiger partial charge in [-0.1, -0.05) is 30.3 Å². The van der Waals surface area contributed by atoms with Gasteiger partial charge < -0.3 is 5.11 Å². The number of aliphatic carboxylic acids is 1. The van der Waals surface area contributed by atoms with E-state index in [9.17, 15) is 9.90 Å². The molecule has 0 saturated carbocycles. The van der Waals surface area contributed by atoms with E-state index in [4.69, 9.17) is 0 Å². The molecule has 1 N–H and O–H groups in total. The van der Waals surface area contributed by atoms with E-state index in [-0.39, 0.29) is 5.54 Å². The maximum atomic E-state index is 11.6. The van der Waals surface area contributed by atoms with Crippen molar-refractivity contribution in [3.63, 3.8) is 0 Å². The highest BCUT2D eigenvalue weighted by molar-refractivity contribution is 5.76. The van der Waals surface area contributed by atoms with Crippen molar-refractivity contribution in [2.75, 3.05) is 32.7 Å². The van der Waals surface area contributed by atoms with Gasteiger partial charge in [-0.25, -0.2) is 0 Å². The van der Waals surface area contributed by atoms with E-state index in [1.807, 2.05) is 30.3 Å². The highest BCUT2D eigenvalue weighted by atomic mass is 16.4. The Morgan fingerprint density at radius 3 is 2.19 bits per heavy atom. The summed E-state index contributed by atoms with van der Waals surface area (Å²) < 4.78 is 0. The van der Waals surface area contributed by atoms with Crippen molar-refractivity contribution in [3.05, 3.63) is 35.9 Å². The van der Waals surface area contributed by atoms with Gasteiger partial charge >= 0.3 is 5.97 Å². The molecule has 1 aliphatic rings. The lowest BCUT2D eigenvalue weighted by Gasteiger charge is -2.42. The van der Waals surface area contributed by atoms with Crippen molar-refractivity contribution < 1.29 is 9.90 Å². The monoisotopic (exact) mass is 290 g/mol. The van der Waals surface area contributed by atoms with Gasteiger partial charge in [0.1, 0.15) is 0 Å². The molecule has 1 atom stereocenters. The minimum Gasteiger partial charge on any atom is -0.481 e. The molecule has 1 aliphatic heterocycles. The lowest BCUT2D eigenvalue weighted by atomic mass is 9.98. The van der Waals surface area contributed by atoms with Gasteiger partial charge in [0.25, 0.3) is 0 Å². The fraction of sp³-hybridized carbons (Fsp3) is 0.588. The highest BCUT2D eigenvalue weighted by Gasteiger charge is 2.29. The number of hydrogen-bond acceptors (Lipinski definition) is 3. The Balaban J connectivity index is 1.96. The third kappa shape index (κ3) is 4.29. The van der Waals surface area contributed by atoms with Crippen LogP contribution in [0.3, 0.4) is 0 Å². The van der Waals surface area contributed by atoms with E-state index in [2.05, 4.69) is 30.6 Å². The van der Waals surface area contributed by atoms with E-state index in [0.29, 0.717) is 6.54 Å². The predicted octanol–water partition coefficient (Wildman–Crippen LogP) is 2.27. The number of carboxylic acids is 1. The van der Waals surface area contributed by atoms with Gasteiger partial charge in [-0.3, -0.25) is 14.6 Å². The summed E-state index contributed by atoms with van der Waals surface area (Å²) in [6.45, 7) is 11.2. The van der Waals surface area contributed by atoms with E-state index < -0.39 is 11.9 Å². The minimum absolute atomic E-state index is 0.192. The first kappa shape index (κ1) is 16.0. The molecule has 0 bridgehead atoms. The Hall–Kier alpha value is -1.39. The second-order valence-electron chi connectivity index (χ2n) is 6.76. The summed E-state index contributed by atoms with van der Waals surface area (Å²) in [4.78, 5) is 16.3. The van der Waals surface area contributed by atoms with Crippen LogP contribution in [-0.2, 0) is 4.79 Å². The standard InChI is InChI=1S/C17H26N2O2/c1-17(2,3)19-11-9-18(10-12-19)13-15(16(20)21)14-7-5-4-6-8-14/h4-8,15H,9-13H2,1-3H3,(H,20,21). The zero-order valence-corrected chi connectivity index (χ0v) is 13.2. The molecular weight excluding hydrogens is 264 g/mol. The van der Waals surface area contributed by atoms with E-state index in [1.54, 1.807) is 0 Å². The van der Waals surface area contributed by atoms with Crippen LogP contribution in [-0.4, -0.2) is 59.1 Å². The molecule has 2 rings (SSSR count). The van der Waals surface area contributed by atoms with Gasteiger partial charge in [0, 0.05) is 38.3 Å². The average Bonchev–Trinajstić information content (AvgIpc) is 2.45. The largest absolute Gasteiger partial charge is 0.481 e. The maximum absolute atomic E-state index is 11.6. The summed E-state index contributed by atoms with van der Waals surface area (Å²) in [5, 5.41) is 9.50. The third-order valence-corrected chi connectivity index (χ3v) is 4.26. The summed E-state index contributed by atoms with van der Waals surface area (Å²) in [6.07, 6.45) is 0. The number of carbonyl (C=O) groups is 1. The molecule has 1 saturated heterocycles. The molecule has 0 radical (unpaired) electrons. The molecule has 4 heteroatoms. The van der Waals surface area contributed by atoms with E-state index in [0.717, 1.165) is 31.7 Å². The van der Waals surface area contributed by atoms with Gasteiger partial charge in [0.05, 0.1) is 5.92 Å². The third-order valence-electron chi connectivity index (χ3n) is 4.26. The molecule has 0 spiro atoms. The number of hydrogen-bond donors (Lipinski definition) is 1. The molecule has 0 aromatic heterocycles. The Morgan fingerprint density at radius 2 is 1.71 bits per heavy atom. The van der Waals surface area contributed by atoms with Crippen LogP contribution in [0.15, 0.2) is 30.3 Å². The molecule has 0 amide bonds. The van der Waals surface area contributed by atoms with Crippen LogP contribution in [0.25, 0.3) is 0 Å². The number of nitrogens with zero attached hydrogens (tertiary/aromatic N) is 2. The first-order valence-electron chi connectivity index (χ1n) is 7.63. The zero-order valence-electron chi connectivity index (χ0n) is 13.2. The summed E-state index contributed by atoms with van der Waals surface area (Å²) in [7, 11) is 0. The molecule has 1 aromatic carbocycles. The Labute approximate surface area is 127 Å². The van der Waals surface area contributed by atoms with Crippen molar-refractivity contribution in [1.29, 1.82) is 0 Å². The van der Waals surface area contributed by atoms with Crippen molar-refractivity contribution in [1.82, 2.24) is 9.80 Å². The number of carboxylic acid groups (broad SMARTS) is 1. The number of piperazine rings is 1. The molecule has 21 heavy (non-hydrogen) atoms. The van der Waals surface area contributed by atoms with Gasteiger partial charge in [-0.05, 0) is 26.3 Å². The SMILES string of the molecule is CC(C)(C)N1CCN(CC(C(=O)O)c2ccccc2)CC1. The molecular formula is C17H26N2O2. The number of rotatable bonds is 4. The average molecular weight is 290 g/mol. The quantitative estimate of drug-likeness (QED) is 0.924. The van der Waals surface area contributed by atoms with Gasteiger partial charge in [0.15, 0.2) is 0 Å². The Kier molecular flexibility index (Phi) is 5.01. The van der Waals surface area contributed by atoms with Crippen molar-refractivity contribution in [2.45, 2.75) is 32.2 Å². The normalized spacial score (nSPS) is 19.4. The first-order chi connectivity index (χ1) is 9.88.